The van der Waals surface area contributed by atoms with Gasteiger partial charge in [-0.15, -0.1) is 0 Å². The highest BCUT2D eigenvalue weighted by molar-refractivity contribution is 5.74. The van der Waals surface area contributed by atoms with Gasteiger partial charge in [0.15, 0.2) is 0 Å². The highest BCUT2D eigenvalue weighted by atomic mass is 19.1. The van der Waals surface area contributed by atoms with Crippen molar-refractivity contribution in [3.05, 3.63) is 71.8 Å². The molecule has 0 aromatic heterocycles. The molecule has 0 bridgehead atoms. The number of esters is 1. The number of ether oxygens (including phenoxy) is 1. The molecule has 0 aliphatic carbocycles. The fourth-order valence-corrected chi connectivity index (χ4v) is 3.50. The van der Waals surface area contributed by atoms with Crippen molar-refractivity contribution in [2.24, 2.45) is 5.92 Å². The summed E-state index contributed by atoms with van der Waals surface area (Å²) < 4.78 is 18.2. The lowest BCUT2D eigenvalue weighted by atomic mass is 9.78. The van der Waals surface area contributed by atoms with Crippen LogP contribution >= 0.6 is 0 Å². The molecule has 1 fully saturated rings. The Morgan fingerprint density at radius 2 is 1.54 bits per heavy atom. The second-order valence-corrected chi connectivity index (χ2v) is 6.40. The second-order valence-electron chi connectivity index (χ2n) is 6.40. The predicted molar refractivity (Wildman–Crippen MR) is 92.4 cm³/mol. The van der Waals surface area contributed by atoms with E-state index in [-0.39, 0.29) is 30.6 Å². The highest BCUT2D eigenvalue weighted by Gasteiger charge is 2.38. The summed E-state index contributed by atoms with van der Waals surface area (Å²) in [5, 5.41) is 0. The van der Waals surface area contributed by atoms with Crippen LogP contribution in [-0.4, -0.2) is 12.6 Å². The van der Waals surface area contributed by atoms with Crippen LogP contribution in [0.1, 0.15) is 48.8 Å². The van der Waals surface area contributed by atoms with Crippen molar-refractivity contribution in [3.8, 4) is 0 Å². The van der Waals surface area contributed by atoms with Crippen LogP contribution in [0, 0.1) is 5.92 Å². The first-order chi connectivity index (χ1) is 11.8. The molecule has 3 rings (SSSR count). The average Bonchev–Trinajstić information content (AvgIpc) is 2.64. The molecule has 0 saturated carbocycles. The van der Waals surface area contributed by atoms with Crippen LogP contribution < -0.4 is 0 Å². The summed E-state index contributed by atoms with van der Waals surface area (Å²) in [7, 11) is 0. The molecule has 3 atom stereocenters. The molecule has 1 saturated heterocycles. The van der Waals surface area contributed by atoms with Crippen LogP contribution in [0.4, 0.5) is 4.39 Å². The van der Waals surface area contributed by atoms with Crippen molar-refractivity contribution in [1.82, 2.24) is 0 Å². The van der Waals surface area contributed by atoms with Gasteiger partial charge in [-0.2, -0.15) is 0 Å². The zero-order valence-electron chi connectivity index (χ0n) is 13.7. The summed E-state index contributed by atoms with van der Waals surface area (Å²) in [5.74, 6) is -0.140. The average molecular weight is 326 g/mol. The number of alkyl halides is 1. The molecule has 3 heteroatoms. The summed E-state index contributed by atoms with van der Waals surface area (Å²) >= 11 is 0. The lowest BCUT2D eigenvalue weighted by Crippen LogP contribution is -2.32. The van der Waals surface area contributed by atoms with Gasteiger partial charge in [-0.25, -0.2) is 0 Å². The number of benzene rings is 2. The van der Waals surface area contributed by atoms with E-state index in [0.717, 1.165) is 18.4 Å². The number of halogens is 1. The van der Waals surface area contributed by atoms with Crippen LogP contribution in [0.2, 0.25) is 0 Å². The lowest BCUT2D eigenvalue weighted by Gasteiger charge is -2.36. The number of hydrogen-bond acceptors (Lipinski definition) is 2. The van der Waals surface area contributed by atoms with E-state index in [1.807, 2.05) is 48.5 Å². The van der Waals surface area contributed by atoms with Crippen LogP contribution in [0.5, 0.6) is 0 Å². The van der Waals surface area contributed by atoms with Crippen molar-refractivity contribution in [3.63, 3.8) is 0 Å². The Labute approximate surface area is 142 Å². The molecule has 0 N–H and O–H groups in total. The lowest BCUT2D eigenvalue weighted by molar-refractivity contribution is -0.163. The normalized spacial score (nSPS) is 23.7. The Kier molecular flexibility index (Phi) is 5.63. The van der Waals surface area contributed by atoms with Crippen molar-refractivity contribution in [2.75, 3.05) is 6.67 Å². The molecule has 0 unspecified atom stereocenters. The van der Waals surface area contributed by atoms with E-state index >= 15 is 0 Å². The van der Waals surface area contributed by atoms with Gasteiger partial charge in [0.2, 0.25) is 0 Å². The third kappa shape index (κ3) is 3.84. The maximum atomic E-state index is 12.4. The molecule has 0 radical (unpaired) electrons. The van der Waals surface area contributed by atoms with Gasteiger partial charge in [0.25, 0.3) is 0 Å². The standard InChI is InChI=1S/C21H23FO2/c22-14-8-7-13-18-15-19(16-9-3-1-4-10-16)20(24-21(18)23)17-11-5-2-6-12-17/h1-6,9-12,18-20H,7-8,13-15H2/t18-,19+,20-/m0/s1. The van der Waals surface area contributed by atoms with Gasteiger partial charge >= 0.3 is 5.97 Å². The molecule has 0 amide bonds. The Bertz CT molecular complexity index is 641. The first-order valence-corrected chi connectivity index (χ1v) is 8.66. The maximum Gasteiger partial charge on any atom is 0.309 e. The van der Waals surface area contributed by atoms with E-state index in [0.29, 0.717) is 12.8 Å². The van der Waals surface area contributed by atoms with Gasteiger partial charge in [-0.3, -0.25) is 9.18 Å². The second kappa shape index (κ2) is 8.09. The zero-order chi connectivity index (χ0) is 16.8. The number of carbonyl (C=O) groups excluding carboxylic acids is 1. The van der Waals surface area contributed by atoms with Crippen molar-refractivity contribution in [1.29, 1.82) is 0 Å². The molecule has 24 heavy (non-hydrogen) atoms. The monoisotopic (exact) mass is 326 g/mol. The van der Waals surface area contributed by atoms with Crippen molar-refractivity contribution >= 4 is 5.97 Å². The molecular weight excluding hydrogens is 303 g/mol. The summed E-state index contributed by atoms with van der Waals surface area (Å²) in [6.07, 6.45) is 2.45. The zero-order valence-corrected chi connectivity index (χ0v) is 13.7. The number of hydrogen-bond donors (Lipinski definition) is 0. The third-order valence-corrected chi connectivity index (χ3v) is 4.77. The van der Waals surface area contributed by atoms with E-state index < -0.39 is 0 Å². The van der Waals surface area contributed by atoms with E-state index in [1.54, 1.807) is 0 Å². The van der Waals surface area contributed by atoms with Crippen LogP contribution in [0.25, 0.3) is 0 Å². The van der Waals surface area contributed by atoms with Crippen molar-refractivity contribution < 1.29 is 13.9 Å². The molecule has 126 valence electrons. The molecule has 2 nitrogen and oxygen atoms in total. The van der Waals surface area contributed by atoms with Crippen LogP contribution in [0.15, 0.2) is 60.7 Å². The van der Waals surface area contributed by atoms with Crippen molar-refractivity contribution in [2.45, 2.75) is 37.7 Å². The first kappa shape index (κ1) is 16.7. The van der Waals surface area contributed by atoms with E-state index in [9.17, 15) is 9.18 Å². The minimum Gasteiger partial charge on any atom is -0.457 e. The van der Waals surface area contributed by atoms with Crippen LogP contribution in [0.3, 0.4) is 0 Å². The van der Waals surface area contributed by atoms with Gasteiger partial charge in [-0.1, -0.05) is 60.7 Å². The number of cyclic esters (lactones) is 1. The van der Waals surface area contributed by atoms with E-state index in [2.05, 4.69) is 12.1 Å². The Morgan fingerprint density at radius 1 is 0.917 bits per heavy atom. The molecule has 2 aromatic rings. The summed E-state index contributed by atoms with van der Waals surface area (Å²) in [4.78, 5) is 12.4. The molecule has 1 aliphatic heterocycles. The van der Waals surface area contributed by atoms with Gasteiger partial charge in [0, 0.05) is 5.92 Å². The number of carbonyl (C=O) groups is 1. The van der Waals surface area contributed by atoms with Gasteiger partial charge in [0.05, 0.1) is 12.6 Å². The minimum absolute atomic E-state index is 0.137. The van der Waals surface area contributed by atoms with Crippen LogP contribution in [-0.2, 0) is 9.53 Å². The van der Waals surface area contributed by atoms with E-state index in [4.69, 9.17) is 4.74 Å². The van der Waals surface area contributed by atoms with Gasteiger partial charge in [0.1, 0.15) is 6.10 Å². The molecule has 1 aliphatic rings. The number of rotatable bonds is 6. The number of unbranched alkanes of at least 4 members (excludes halogenated alkanes) is 1. The molecular formula is C21H23FO2. The summed E-state index contributed by atoms with van der Waals surface area (Å²) in [6.45, 7) is -0.323. The largest absolute Gasteiger partial charge is 0.457 e. The SMILES string of the molecule is O=C1O[C@@H](c2ccccc2)[C@@H](c2ccccc2)C[C@@H]1CCCCF. The minimum atomic E-state index is -0.323. The molecule has 2 aromatic carbocycles. The fourth-order valence-electron chi connectivity index (χ4n) is 3.50. The first-order valence-electron chi connectivity index (χ1n) is 8.66. The smallest absolute Gasteiger partial charge is 0.309 e. The quantitative estimate of drug-likeness (QED) is 0.538. The topological polar surface area (TPSA) is 26.3 Å². The highest BCUT2D eigenvalue weighted by Crippen LogP contribution is 2.44. The summed E-state index contributed by atoms with van der Waals surface area (Å²) in [6, 6.07) is 20.2. The Hall–Kier alpha value is -2.16. The molecule has 0 spiro atoms. The fraction of sp³-hybridized carbons (Fsp3) is 0.381. The van der Waals surface area contributed by atoms with Gasteiger partial charge in [-0.05, 0) is 36.8 Å². The third-order valence-electron chi connectivity index (χ3n) is 4.77. The Balaban J connectivity index is 1.84. The molecule has 1 heterocycles. The van der Waals surface area contributed by atoms with E-state index in [1.165, 1.54) is 5.56 Å². The summed E-state index contributed by atoms with van der Waals surface area (Å²) in [5.41, 5.74) is 2.22. The maximum absolute atomic E-state index is 12.4. The van der Waals surface area contributed by atoms with Gasteiger partial charge < -0.3 is 4.74 Å². The predicted octanol–water partition coefficient (Wildman–Crippen LogP) is 5.21. The Morgan fingerprint density at radius 3 is 2.17 bits per heavy atom.